The van der Waals surface area contributed by atoms with E-state index in [2.05, 4.69) is 0 Å². The van der Waals surface area contributed by atoms with E-state index in [1.54, 1.807) is 6.07 Å². The SMILES string of the molecule is Cc1ccc(C=N)o1.N=[N+]=N. The minimum atomic E-state index is 0.613. The summed E-state index contributed by atoms with van der Waals surface area (Å²) in [5.74, 6) is 1.46. The molecule has 0 aliphatic carbocycles. The largest absolute Gasteiger partial charge is 0.460 e. The number of hydrogen-bond donors (Lipinski definition) is 3. The number of nitrogens with zero attached hydrogens (tertiary/aromatic N) is 1. The fourth-order valence-electron chi connectivity index (χ4n) is 0.531. The topological polar surface area (TPSA) is 98.8 Å². The van der Waals surface area contributed by atoms with Gasteiger partial charge in [-0.05, 0) is 19.1 Å². The summed E-state index contributed by atoms with van der Waals surface area (Å²) in [5.41, 5.74) is 11.0. The van der Waals surface area contributed by atoms with Crippen LogP contribution in [0.25, 0.3) is 0 Å². The fraction of sp³-hybridized carbons (Fsp3) is 0.167. The van der Waals surface area contributed by atoms with Crippen LogP contribution < -0.4 is 4.91 Å². The number of nitrogens with one attached hydrogen (secondary N) is 3. The predicted octanol–water partition coefficient (Wildman–Crippen LogP) is 1.70. The van der Waals surface area contributed by atoms with Crippen LogP contribution in [0.1, 0.15) is 11.5 Å². The molecule has 5 heteroatoms. The van der Waals surface area contributed by atoms with Crippen molar-refractivity contribution in [2.24, 2.45) is 0 Å². The Kier molecular flexibility index (Phi) is 4.27. The molecule has 0 unspecified atom stereocenters. The van der Waals surface area contributed by atoms with Crippen molar-refractivity contribution in [3.8, 4) is 0 Å². The Hall–Kier alpha value is -1.74. The van der Waals surface area contributed by atoms with Crippen LogP contribution >= 0.6 is 0 Å². The molecule has 5 nitrogen and oxygen atoms in total. The van der Waals surface area contributed by atoms with Crippen molar-refractivity contribution >= 4 is 6.21 Å². The minimum Gasteiger partial charge on any atom is -0.460 e. The Morgan fingerprint density at radius 1 is 1.45 bits per heavy atom. The van der Waals surface area contributed by atoms with Crippen molar-refractivity contribution in [2.45, 2.75) is 6.92 Å². The van der Waals surface area contributed by atoms with Gasteiger partial charge in [0.2, 0.25) is 4.91 Å². The standard InChI is InChI=1S/C6H7NO.H2N3/c1-5-2-3-6(4-7)8-5;1-3-2/h2-4,7H,1H3;1-2H/q;+1. The molecule has 0 saturated carbocycles. The van der Waals surface area contributed by atoms with Gasteiger partial charge in [-0.15, -0.1) is 0 Å². The van der Waals surface area contributed by atoms with Gasteiger partial charge in [-0.3, -0.25) is 0 Å². The van der Waals surface area contributed by atoms with Crippen LogP contribution in [0.2, 0.25) is 0 Å². The third-order valence-corrected chi connectivity index (χ3v) is 0.903. The highest BCUT2D eigenvalue weighted by Crippen LogP contribution is 2.01. The molecule has 58 valence electrons. The van der Waals surface area contributed by atoms with Gasteiger partial charge in [-0.2, -0.15) is 0 Å². The molecule has 0 bridgehead atoms. The second-order valence-corrected chi connectivity index (χ2v) is 1.70. The third kappa shape index (κ3) is 3.77. The van der Waals surface area contributed by atoms with Gasteiger partial charge < -0.3 is 9.83 Å². The Balaban J connectivity index is 0.000000292. The van der Waals surface area contributed by atoms with Gasteiger partial charge in [0.15, 0.2) is 0 Å². The quantitative estimate of drug-likeness (QED) is 0.319. The number of hydrogen-bond acceptors (Lipinski definition) is 4. The van der Waals surface area contributed by atoms with Crippen LogP contribution in [0.3, 0.4) is 0 Å². The van der Waals surface area contributed by atoms with E-state index in [0.717, 1.165) is 5.76 Å². The van der Waals surface area contributed by atoms with Gasteiger partial charge in [0.1, 0.15) is 22.6 Å². The van der Waals surface area contributed by atoms with E-state index in [1.807, 2.05) is 17.9 Å². The molecule has 11 heavy (non-hydrogen) atoms. The van der Waals surface area contributed by atoms with Crippen molar-refractivity contribution in [1.82, 2.24) is 4.91 Å². The number of rotatable bonds is 1. The Morgan fingerprint density at radius 2 is 2.00 bits per heavy atom. The van der Waals surface area contributed by atoms with Crippen molar-refractivity contribution in [2.75, 3.05) is 0 Å². The molecule has 0 aliphatic rings. The highest BCUT2D eigenvalue weighted by Gasteiger charge is 1.89. The lowest BCUT2D eigenvalue weighted by atomic mass is 10.4. The minimum absolute atomic E-state index is 0.613. The van der Waals surface area contributed by atoms with Crippen LogP contribution in [-0.2, 0) is 0 Å². The lowest BCUT2D eigenvalue weighted by molar-refractivity contribution is 0.527. The van der Waals surface area contributed by atoms with Crippen LogP contribution in [0.4, 0.5) is 0 Å². The Labute approximate surface area is 63.6 Å². The van der Waals surface area contributed by atoms with Gasteiger partial charge in [0.25, 0.3) is 0 Å². The van der Waals surface area contributed by atoms with Crippen molar-refractivity contribution in [3.63, 3.8) is 0 Å². The van der Waals surface area contributed by atoms with E-state index in [9.17, 15) is 0 Å². The number of aryl methyl sites for hydroxylation is 1. The average Bonchev–Trinajstić information content (AvgIpc) is 2.37. The van der Waals surface area contributed by atoms with Gasteiger partial charge in [0.05, 0.1) is 6.21 Å². The maximum absolute atomic E-state index is 6.74. The molecule has 1 aromatic heterocycles. The molecule has 0 saturated heterocycles. The van der Waals surface area contributed by atoms with E-state index in [0.29, 0.717) is 5.76 Å². The maximum atomic E-state index is 6.74. The average molecular weight is 153 g/mol. The molecular formula is C6H9N4O+. The van der Waals surface area contributed by atoms with Gasteiger partial charge in [-0.1, -0.05) is 0 Å². The lowest BCUT2D eigenvalue weighted by Crippen LogP contribution is -1.66. The molecule has 0 radical (unpaired) electrons. The zero-order valence-corrected chi connectivity index (χ0v) is 6.09. The molecule has 1 heterocycles. The van der Waals surface area contributed by atoms with Gasteiger partial charge in [0, 0.05) is 0 Å². The molecule has 0 atom stereocenters. The van der Waals surface area contributed by atoms with Gasteiger partial charge >= 0.3 is 0 Å². The second kappa shape index (κ2) is 5.08. The van der Waals surface area contributed by atoms with E-state index >= 15 is 0 Å². The van der Waals surface area contributed by atoms with E-state index in [-0.39, 0.29) is 0 Å². The van der Waals surface area contributed by atoms with Crippen LogP contribution in [-0.4, -0.2) is 6.21 Å². The monoisotopic (exact) mass is 153 g/mol. The lowest BCUT2D eigenvalue weighted by Gasteiger charge is -1.77. The molecule has 0 spiro atoms. The van der Waals surface area contributed by atoms with E-state index in [1.165, 1.54) is 6.21 Å². The summed E-state index contributed by atoms with van der Waals surface area (Å²) in [6, 6.07) is 3.60. The zero-order valence-electron chi connectivity index (χ0n) is 6.09. The van der Waals surface area contributed by atoms with E-state index < -0.39 is 0 Å². The van der Waals surface area contributed by atoms with Crippen LogP contribution in [0, 0.1) is 23.4 Å². The highest BCUT2D eigenvalue weighted by atomic mass is 16.3. The Morgan fingerprint density at radius 3 is 2.18 bits per heavy atom. The first kappa shape index (κ1) is 9.26. The predicted molar refractivity (Wildman–Crippen MR) is 38.9 cm³/mol. The van der Waals surface area contributed by atoms with Crippen molar-refractivity contribution < 1.29 is 4.42 Å². The molecule has 1 aromatic rings. The smallest absolute Gasteiger partial charge is 0.211 e. The van der Waals surface area contributed by atoms with Gasteiger partial charge in [-0.25, -0.2) is 0 Å². The summed E-state index contributed by atoms with van der Waals surface area (Å²) in [6.45, 7) is 1.85. The van der Waals surface area contributed by atoms with Crippen LogP contribution in [0.15, 0.2) is 16.5 Å². The van der Waals surface area contributed by atoms with Crippen molar-refractivity contribution in [1.29, 1.82) is 16.5 Å². The molecule has 0 aliphatic heterocycles. The molecule has 3 N–H and O–H groups in total. The summed E-state index contributed by atoms with van der Waals surface area (Å²) in [6.07, 6.45) is 1.19. The number of furan rings is 1. The summed E-state index contributed by atoms with van der Waals surface area (Å²) in [5, 5.41) is 6.74. The van der Waals surface area contributed by atoms with Crippen LogP contribution in [0.5, 0.6) is 0 Å². The Bertz CT molecular complexity index is 259. The first-order valence-electron chi connectivity index (χ1n) is 2.84. The highest BCUT2D eigenvalue weighted by molar-refractivity contribution is 5.72. The second-order valence-electron chi connectivity index (χ2n) is 1.70. The first-order valence-corrected chi connectivity index (χ1v) is 2.84. The third-order valence-electron chi connectivity index (χ3n) is 0.903. The molecule has 0 fully saturated rings. The van der Waals surface area contributed by atoms with Crippen molar-refractivity contribution in [3.05, 3.63) is 23.7 Å². The summed E-state index contributed by atoms with van der Waals surface area (Å²) in [7, 11) is 0. The normalized spacial score (nSPS) is 7.36. The molecule has 1 rings (SSSR count). The molecular weight excluding hydrogens is 144 g/mol. The summed E-state index contributed by atoms with van der Waals surface area (Å²) >= 11 is 0. The molecule has 0 amide bonds. The summed E-state index contributed by atoms with van der Waals surface area (Å²) < 4.78 is 4.99. The summed E-state index contributed by atoms with van der Waals surface area (Å²) in [4.78, 5) is 2.00. The molecule has 0 aromatic carbocycles. The van der Waals surface area contributed by atoms with E-state index in [4.69, 9.17) is 20.9 Å². The first-order chi connectivity index (χ1) is 5.24. The fourth-order valence-corrected chi connectivity index (χ4v) is 0.531. The maximum Gasteiger partial charge on any atom is 0.211 e. The zero-order chi connectivity index (χ0) is 8.69.